The molecule has 144 valence electrons. The first-order chi connectivity index (χ1) is 13.1. The third-order valence-electron chi connectivity index (χ3n) is 4.12. The second kappa shape index (κ2) is 10.2. The van der Waals surface area contributed by atoms with Crippen molar-refractivity contribution in [3.63, 3.8) is 0 Å². The Morgan fingerprint density at radius 2 is 1.56 bits per heavy atom. The zero-order chi connectivity index (χ0) is 19.6. The maximum atomic E-state index is 12.1. The molecule has 0 aliphatic rings. The van der Waals surface area contributed by atoms with E-state index in [2.05, 4.69) is 29.4 Å². The van der Waals surface area contributed by atoms with Crippen LogP contribution in [0.1, 0.15) is 31.1 Å². The van der Waals surface area contributed by atoms with Crippen molar-refractivity contribution in [2.75, 3.05) is 36.5 Å². The number of anilines is 2. The topological polar surface area (TPSA) is 70.7 Å². The SMILES string of the molecule is CCOc1ccc(C(=O)NCC(=O)Nc2ccc(N(CC)CC)cc2)cc1. The zero-order valence-corrected chi connectivity index (χ0v) is 16.1. The van der Waals surface area contributed by atoms with E-state index < -0.39 is 0 Å². The minimum atomic E-state index is -0.301. The molecule has 2 aromatic carbocycles. The van der Waals surface area contributed by atoms with Crippen LogP contribution < -0.4 is 20.3 Å². The van der Waals surface area contributed by atoms with Crippen molar-refractivity contribution in [2.24, 2.45) is 0 Å². The van der Waals surface area contributed by atoms with Gasteiger partial charge in [-0.25, -0.2) is 0 Å². The van der Waals surface area contributed by atoms with Gasteiger partial charge in [-0.05, 0) is 69.3 Å². The highest BCUT2D eigenvalue weighted by atomic mass is 16.5. The highest BCUT2D eigenvalue weighted by Crippen LogP contribution is 2.17. The van der Waals surface area contributed by atoms with E-state index in [0.29, 0.717) is 23.6 Å². The number of ether oxygens (including phenoxy) is 1. The van der Waals surface area contributed by atoms with Gasteiger partial charge in [0.15, 0.2) is 0 Å². The largest absolute Gasteiger partial charge is 0.494 e. The van der Waals surface area contributed by atoms with Crippen LogP contribution >= 0.6 is 0 Å². The molecule has 27 heavy (non-hydrogen) atoms. The molecule has 0 saturated heterocycles. The summed E-state index contributed by atoms with van der Waals surface area (Å²) in [7, 11) is 0. The van der Waals surface area contributed by atoms with Gasteiger partial charge in [-0.3, -0.25) is 9.59 Å². The Morgan fingerprint density at radius 1 is 0.926 bits per heavy atom. The van der Waals surface area contributed by atoms with Gasteiger partial charge in [-0.2, -0.15) is 0 Å². The van der Waals surface area contributed by atoms with Crippen molar-refractivity contribution in [3.8, 4) is 5.75 Å². The van der Waals surface area contributed by atoms with E-state index in [1.807, 2.05) is 31.2 Å². The Kier molecular flexibility index (Phi) is 7.67. The molecule has 0 fully saturated rings. The second-order valence-corrected chi connectivity index (χ2v) is 5.91. The number of hydrogen-bond acceptors (Lipinski definition) is 4. The van der Waals surface area contributed by atoms with E-state index >= 15 is 0 Å². The normalized spacial score (nSPS) is 10.2. The molecule has 0 spiro atoms. The molecule has 0 aromatic heterocycles. The van der Waals surface area contributed by atoms with Crippen LogP contribution in [0.2, 0.25) is 0 Å². The highest BCUT2D eigenvalue weighted by Gasteiger charge is 2.09. The minimum absolute atomic E-state index is 0.0934. The number of benzene rings is 2. The molecule has 0 aliphatic carbocycles. The zero-order valence-electron chi connectivity index (χ0n) is 16.1. The molecular weight excluding hydrogens is 342 g/mol. The number of rotatable bonds is 9. The van der Waals surface area contributed by atoms with E-state index in [1.54, 1.807) is 24.3 Å². The van der Waals surface area contributed by atoms with Crippen molar-refractivity contribution < 1.29 is 14.3 Å². The van der Waals surface area contributed by atoms with E-state index in [0.717, 1.165) is 18.8 Å². The highest BCUT2D eigenvalue weighted by molar-refractivity contribution is 5.99. The fourth-order valence-corrected chi connectivity index (χ4v) is 2.68. The van der Waals surface area contributed by atoms with Crippen molar-refractivity contribution >= 4 is 23.2 Å². The lowest BCUT2D eigenvalue weighted by Crippen LogP contribution is -2.32. The summed E-state index contributed by atoms with van der Waals surface area (Å²) in [4.78, 5) is 26.4. The average Bonchev–Trinajstić information content (AvgIpc) is 2.69. The summed E-state index contributed by atoms with van der Waals surface area (Å²) in [5.41, 5.74) is 2.29. The van der Waals surface area contributed by atoms with Gasteiger partial charge >= 0.3 is 0 Å². The van der Waals surface area contributed by atoms with E-state index in [-0.39, 0.29) is 18.4 Å². The number of nitrogens with one attached hydrogen (secondary N) is 2. The summed E-state index contributed by atoms with van der Waals surface area (Å²) < 4.78 is 5.34. The van der Waals surface area contributed by atoms with Crippen LogP contribution in [0.4, 0.5) is 11.4 Å². The molecule has 2 aromatic rings. The number of nitrogens with zero attached hydrogens (tertiary/aromatic N) is 1. The molecule has 2 amide bonds. The van der Waals surface area contributed by atoms with Crippen molar-refractivity contribution in [1.82, 2.24) is 5.32 Å². The third-order valence-corrected chi connectivity index (χ3v) is 4.12. The number of carbonyl (C=O) groups excluding carboxylic acids is 2. The molecule has 6 nitrogen and oxygen atoms in total. The molecule has 6 heteroatoms. The van der Waals surface area contributed by atoms with Crippen LogP contribution in [-0.2, 0) is 4.79 Å². The first kappa shape index (κ1) is 20.3. The van der Waals surface area contributed by atoms with Crippen LogP contribution in [-0.4, -0.2) is 38.1 Å². The summed E-state index contributed by atoms with van der Waals surface area (Å²) in [6.07, 6.45) is 0. The fourth-order valence-electron chi connectivity index (χ4n) is 2.68. The number of carbonyl (C=O) groups is 2. The number of amides is 2. The van der Waals surface area contributed by atoms with Gasteiger partial charge in [0, 0.05) is 30.0 Å². The quantitative estimate of drug-likeness (QED) is 0.711. The van der Waals surface area contributed by atoms with Gasteiger partial charge < -0.3 is 20.3 Å². The Hall–Kier alpha value is -3.02. The summed E-state index contributed by atoms with van der Waals surface area (Å²) in [6.45, 7) is 8.44. The van der Waals surface area contributed by atoms with E-state index in [1.165, 1.54) is 0 Å². The fraction of sp³-hybridized carbons (Fsp3) is 0.333. The molecule has 0 heterocycles. The van der Waals surface area contributed by atoms with Gasteiger partial charge in [0.1, 0.15) is 5.75 Å². The molecule has 2 N–H and O–H groups in total. The first-order valence-electron chi connectivity index (χ1n) is 9.23. The summed E-state index contributed by atoms with van der Waals surface area (Å²) in [5.74, 6) is 0.134. The Bertz CT molecular complexity index is 738. The maximum absolute atomic E-state index is 12.1. The van der Waals surface area contributed by atoms with Crippen molar-refractivity contribution in [1.29, 1.82) is 0 Å². The third kappa shape index (κ3) is 6.02. The lowest BCUT2D eigenvalue weighted by Gasteiger charge is -2.21. The molecule has 0 unspecified atom stereocenters. The first-order valence-corrected chi connectivity index (χ1v) is 9.23. The van der Waals surface area contributed by atoms with Gasteiger partial charge in [-0.15, -0.1) is 0 Å². The van der Waals surface area contributed by atoms with Crippen molar-refractivity contribution in [2.45, 2.75) is 20.8 Å². The Balaban J connectivity index is 1.84. The smallest absolute Gasteiger partial charge is 0.251 e. The molecule has 0 saturated carbocycles. The molecule has 0 aliphatic heterocycles. The van der Waals surface area contributed by atoms with Crippen LogP contribution in [0.3, 0.4) is 0 Å². The molecule has 0 radical (unpaired) electrons. The predicted molar refractivity (Wildman–Crippen MR) is 109 cm³/mol. The molecule has 0 atom stereocenters. The average molecular weight is 369 g/mol. The Labute approximate surface area is 160 Å². The van der Waals surface area contributed by atoms with Crippen LogP contribution in [0.5, 0.6) is 5.75 Å². The van der Waals surface area contributed by atoms with Crippen LogP contribution in [0.25, 0.3) is 0 Å². The van der Waals surface area contributed by atoms with E-state index in [9.17, 15) is 9.59 Å². The van der Waals surface area contributed by atoms with Gasteiger partial charge in [0.25, 0.3) is 5.91 Å². The Morgan fingerprint density at radius 3 is 2.11 bits per heavy atom. The summed E-state index contributed by atoms with van der Waals surface area (Å²) in [5, 5.41) is 5.40. The molecular formula is C21H27N3O3. The van der Waals surface area contributed by atoms with Crippen molar-refractivity contribution in [3.05, 3.63) is 54.1 Å². The van der Waals surface area contributed by atoms with Crippen LogP contribution in [0, 0.1) is 0 Å². The monoisotopic (exact) mass is 369 g/mol. The summed E-state index contributed by atoms with van der Waals surface area (Å²) >= 11 is 0. The van der Waals surface area contributed by atoms with E-state index in [4.69, 9.17) is 4.74 Å². The van der Waals surface area contributed by atoms with Gasteiger partial charge in [0.2, 0.25) is 5.91 Å². The molecule has 0 bridgehead atoms. The lowest BCUT2D eigenvalue weighted by molar-refractivity contribution is -0.115. The minimum Gasteiger partial charge on any atom is -0.494 e. The predicted octanol–water partition coefficient (Wildman–Crippen LogP) is 3.30. The summed E-state index contributed by atoms with van der Waals surface area (Å²) in [6, 6.07) is 14.5. The molecule has 2 rings (SSSR count). The lowest BCUT2D eigenvalue weighted by atomic mass is 10.2. The van der Waals surface area contributed by atoms with Gasteiger partial charge in [0.05, 0.1) is 13.2 Å². The second-order valence-electron chi connectivity index (χ2n) is 5.91. The maximum Gasteiger partial charge on any atom is 0.251 e. The standard InChI is InChI=1S/C21H27N3O3/c1-4-24(5-2)18-11-9-17(10-12-18)23-20(25)15-22-21(26)16-7-13-19(14-8-16)27-6-3/h7-14H,4-6,15H2,1-3H3,(H,22,26)(H,23,25). The van der Waals surface area contributed by atoms with Gasteiger partial charge in [-0.1, -0.05) is 0 Å². The number of hydrogen-bond donors (Lipinski definition) is 2. The van der Waals surface area contributed by atoms with Crippen LogP contribution in [0.15, 0.2) is 48.5 Å².